The molecule has 1 aromatic carbocycles. The Hall–Kier alpha value is -1.26. The number of hydrogen-bond acceptors (Lipinski definition) is 4. The number of nitrogens with zero attached hydrogens (tertiary/aromatic N) is 1. The second kappa shape index (κ2) is 5.62. The maximum Gasteiger partial charge on any atom is 0.323 e. The van der Waals surface area contributed by atoms with E-state index in [0.29, 0.717) is 13.2 Å². The smallest absolute Gasteiger partial charge is 0.323 e. The van der Waals surface area contributed by atoms with Gasteiger partial charge in [0.05, 0.1) is 13.7 Å². The number of benzene rings is 1. The Morgan fingerprint density at radius 1 is 1.55 bits per heavy atom. The summed E-state index contributed by atoms with van der Waals surface area (Å²) in [5.41, 5.74) is 2.24. The van der Waals surface area contributed by atoms with Crippen molar-refractivity contribution in [2.45, 2.75) is 31.8 Å². The molecule has 0 saturated carbocycles. The number of esters is 1. The minimum Gasteiger partial charge on any atom is -0.493 e. The first-order valence-corrected chi connectivity index (χ1v) is 7.33. The predicted octanol–water partition coefficient (Wildman–Crippen LogP) is 2.41. The monoisotopic (exact) mass is 295 g/mol. The predicted molar refractivity (Wildman–Crippen MR) is 76.1 cm³/mol. The zero-order chi connectivity index (χ0) is 14.1. The van der Waals surface area contributed by atoms with Crippen LogP contribution in [0.1, 0.15) is 24.0 Å². The van der Waals surface area contributed by atoms with E-state index < -0.39 is 0 Å². The molecular formula is C15H18ClNO3. The molecule has 0 amide bonds. The van der Waals surface area contributed by atoms with Crippen LogP contribution in [0.5, 0.6) is 5.75 Å². The topological polar surface area (TPSA) is 38.8 Å². The van der Waals surface area contributed by atoms with Crippen molar-refractivity contribution < 1.29 is 14.3 Å². The van der Waals surface area contributed by atoms with Crippen molar-refractivity contribution in [1.82, 2.24) is 4.90 Å². The summed E-state index contributed by atoms with van der Waals surface area (Å²) >= 11 is 6.17. The van der Waals surface area contributed by atoms with E-state index >= 15 is 0 Å². The largest absolute Gasteiger partial charge is 0.493 e. The second-order valence-corrected chi connectivity index (χ2v) is 5.74. The molecule has 20 heavy (non-hydrogen) atoms. The van der Waals surface area contributed by atoms with Crippen molar-refractivity contribution in [3.63, 3.8) is 0 Å². The van der Waals surface area contributed by atoms with E-state index in [9.17, 15) is 4.79 Å². The highest BCUT2D eigenvalue weighted by Gasteiger charge is 2.32. The minimum atomic E-state index is -0.151. The lowest BCUT2D eigenvalue weighted by atomic mass is 10.1. The number of carbonyl (C=O) groups excluding carboxylic acids is 1. The number of methoxy groups -OCH3 is 1. The van der Waals surface area contributed by atoms with Gasteiger partial charge in [-0.05, 0) is 37.1 Å². The average molecular weight is 296 g/mol. The van der Waals surface area contributed by atoms with Crippen LogP contribution in [0, 0.1) is 0 Å². The van der Waals surface area contributed by atoms with E-state index in [4.69, 9.17) is 21.1 Å². The molecule has 0 N–H and O–H groups in total. The van der Waals surface area contributed by atoms with Gasteiger partial charge in [0.15, 0.2) is 0 Å². The fraction of sp³-hybridized carbons (Fsp3) is 0.533. The highest BCUT2D eigenvalue weighted by molar-refractivity contribution is 6.30. The maximum absolute atomic E-state index is 11.8. The summed E-state index contributed by atoms with van der Waals surface area (Å²) < 4.78 is 10.6. The van der Waals surface area contributed by atoms with Gasteiger partial charge in [-0.2, -0.15) is 0 Å². The van der Waals surface area contributed by atoms with Gasteiger partial charge in [0.1, 0.15) is 11.8 Å². The zero-order valence-electron chi connectivity index (χ0n) is 11.5. The molecule has 4 nitrogen and oxygen atoms in total. The molecule has 1 atom stereocenters. The summed E-state index contributed by atoms with van der Waals surface area (Å²) in [6.45, 7) is 2.30. The molecule has 2 heterocycles. The first-order valence-electron chi connectivity index (χ1n) is 6.95. The van der Waals surface area contributed by atoms with Crippen LogP contribution in [0.15, 0.2) is 12.1 Å². The molecule has 3 rings (SSSR count). The number of ether oxygens (including phenoxy) is 2. The molecule has 2 aliphatic rings. The second-order valence-electron chi connectivity index (χ2n) is 5.30. The summed E-state index contributed by atoms with van der Waals surface area (Å²) in [4.78, 5) is 13.9. The van der Waals surface area contributed by atoms with Crippen molar-refractivity contribution in [2.75, 3.05) is 20.3 Å². The normalized spacial score (nSPS) is 21.6. The van der Waals surface area contributed by atoms with E-state index in [1.54, 1.807) is 0 Å². The van der Waals surface area contributed by atoms with Gasteiger partial charge in [-0.15, -0.1) is 0 Å². The van der Waals surface area contributed by atoms with Crippen molar-refractivity contribution in [1.29, 1.82) is 0 Å². The Balaban J connectivity index is 1.83. The van der Waals surface area contributed by atoms with E-state index in [-0.39, 0.29) is 12.0 Å². The Kier molecular flexibility index (Phi) is 3.85. The fourth-order valence-electron chi connectivity index (χ4n) is 3.10. The van der Waals surface area contributed by atoms with Crippen LogP contribution in [0.25, 0.3) is 0 Å². The van der Waals surface area contributed by atoms with Crippen LogP contribution in [-0.2, 0) is 22.5 Å². The Morgan fingerprint density at radius 3 is 3.20 bits per heavy atom. The van der Waals surface area contributed by atoms with Gasteiger partial charge >= 0.3 is 5.97 Å². The van der Waals surface area contributed by atoms with E-state index in [1.165, 1.54) is 12.7 Å². The van der Waals surface area contributed by atoms with Crippen molar-refractivity contribution in [3.05, 3.63) is 28.3 Å². The molecule has 1 unspecified atom stereocenters. The van der Waals surface area contributed by atoms with Gasteiger partial charge in [-0.1, -0.05) is 11.6 Å². The third-order valence-electron chi connectivity index (χ3n) is 4.04. The van der Waals surface area contributed by atoms with Crippen LogP contribution in [0.4, 0.5) is 0 Å². The summed E-state index contributed by atoms with van der Waals surface area (Å²) in [6, 6.07) is 3.77. The van der Waals surface area contributed by atoms with E-state index in [0.717, 1.165) is 42.1 Å². The maximum atomic E-state index is 11.8. The van der Waals surface area contributed by atoms with Crippen molar-refractivity contribution >= 4 is 17.6 Å². The highest BCUT2D eigenvalue weighted by atomic mass is 35.5. The van der Waals surface area contributed by atoms with Gasteiger partial charge in [0.25, 0.3) is 0 Å². The third-order valence-corrected chi connectivity index (χ3v) is 4.25. The SMILES string of the molecule is COC(=O)C1CCCN1Cc1cc(Cl)cc2c1OCC2. The van der Waals surface area contributed by atoms with Gasteiger partial charge in [-0.3, -0.25) is 9.69 Å². The molecule has 0 aliphatic carbocycles. The van der Waals surface area contributed by atoms with Crippen molar-refractivity contribution in [3.8, 4) is 5.75 Å². The first-order chi connectivity index (χ1) is 9.69. The Bertz CT molecular complexity index is 532. The summed E-state index contributed by atoms with van der Waals surface area (Å²) in [5, 5.41) is 0.734. The molecule has 108 valence electrons. The lowest BCUT2D eigenvalue weighted by Crippen LogP contribution is -2.36. The number of halogens is 1. The van der Waals surface area contributed by atoms with Gasteiger partial charge in [-0.25, -0.2) is 0 Å². The Morgan fingerprint density at radius 2 is 2.40 bits per heavy atom. The number of fused-ring (bicyclic) bond motifs is 1. The number of hydrogen-bond donors (Lipinski definition) is 0. The van der Waals surface area contributed by atoms with Crippen molar-refractivity contribution in [2.24, 2.45) is 0 Å². The molecule has 5 heteroatoms. The molecular weight excluding hydrogens is 278 g/mol. The van der Waals surface area contributed by atoms with Crippen LogP contribution in [0.3, 0.4) is 0 Å². The summed E-state index contributed by atoms with van der Waals surface area (Å²) in [7, 11) is 1.44. The number of likely N-dealkylation sites (tertiary alicyclic amines) is 1. The lowest BCUT2D eigenvalue weighted by Gasteiger charge is -2.23. The standard InChI is InChI=1S/C15H18ClNO3/c1-19-15(18)13-3-2-5-17(13)9-11-8-12(16)7-10-4-6-20-14(10)11/h7-8,13H,2-6,9H2,1H3. The summed E-state index contributed by atoms with van der Waals surface area (Å²) in [6.07, 6.45) is 2.78. The number of rotatable bonds is 3. The quantitative estimate of drug-likeness (QED) is 0.803. The van der Waals surface area contributed by atoms with Crippen LogP contribution in [0.2, 0.25) is 5.02 Å². The molecule has 1 aromatic rings. The molecule has 1 saturated heterocycles. The molecule has 0 bridgehead atoms. The highest BCUT2D eigenvalue weighted by Crippen LogP contribution is 2.34. The zero-order valence-corrected chi connectivity index (χ0v) is 12.3. The lowest BCUT2D eigenvalue weighted by molar-refractivity contribution is -0.146. The minimum absolute atomic E-state index is 0.143. The Labute approximate surface area is 123 Å². The van der Waals surface area contributed by atoms with Gasteiger partial charge in [0.2, 0.25) is 0 Å². The molecule has 2 aliphatic heterocycles. The fourth-order valence-corrected chi connectivity index (χ4v) is 3.36. The third kappa shape index (κ3) is 2.50. The molecule has 0 radical (unpaired) electrons. The number of carbonyl (C=O) groups is 1. The molecule has 1 fully saturated rings. The van der Waals surface area contributed by atoms with Gasteiger partial charge in [0, 0.05) is 23.6 Å². The summed E-state index contributed by atoms with van der Waals surface area (Å²) in [5.74, 6) is 0.798. The first kappa shape index (κ1) is 13.7. The average Bonchev–Trinajstić information content (AvgIpc) is 3.06. The van der Waals surface area contributed by atoms with Crippen LogP contribution >= 0.6 is 11.6 Å². The van der Waals surface area contributed by atoms with E-state index in [1.807, 2.05) is 12.1 Å². The molecule has 0 aromatic heterocycles. The van der Waals surface area contributed by atoms with Gasteiger partial charge < -0.3 is 9.47 Å². The molecule has 0 spiro atoms. The van der Waals surface area contributed by atoms with E-state index in [2.05, 4.69) is 4.90 Å². The van der Waals surface area contributed by atoms with Crippen LogP contribution < -0.4 is 4.74 Å². The van der Waals surface area contributed by atoms with Crippen LogP contribution in [-0.4, -0.2) is 37.2 Å².